The van der Waals surface area contributed by atoms with E-state index in [1.54, 1.807) is 11.9 Å². The molecule has 0 bridgehead atoms. The summed E-state index contributed by atoms with van der Waals surface area (Å²) in [5.74, 6) is -0.447. The summed E-state index contributed by atoms with van der Waals surface area (Å²) in [6.07, 6.45) is 0. The first-order valence-electron chi connectivity index (χ1n) is 5.17. The predicted molar refractivity (Wildman–Crippen MR) is 58.4 cm³/mol. The van der Waals surface area contributed by atoms with Crippen molar-refractivity contribution in [2.75, 3.05) is 26.7 Å². The van der Waals surface area contributed by atoms with Crippen LogP contribution in [-0.4, -0.2) is 58.5 Å². The summed E-state index contributed by atoms with van der Waals surface area (Å²) >= 11 is 0. The van der Waals surface area contributed by atoms with E-state index in [0.717, 1.165) is 0 Å². The molecule has 0 atom stereocenters. The summed E-state index contributed by atoms with van der Waals surface area (Å²) in [6.45, 7) is 1.03. The van der Waals surface area contributed by atoms with Crippen molar-refractivity contribution in [3.8, 4) is 0 Å². The molecule has 1 aliphatic heterocycles. The molecular formula is C10H12N4O3. The molecule has 1 saturated heterocycles. The number of carbonyl (C=O) groups is 2. The van der Waals surface area contributed by atoms with Crippen LogP contribution in [0.1, 0.15) is 10.5 Å². The summed E-state index contributed by atoms with van der Waals surface area (Å²) in [4.78, 5) is 37.2. The number of rotatable bonds is 1. The minimum Gasteiger partial charge on any atom is -0.342 e. The number of piperazine rings is 1. The number of hydrogen-bond donors (Lipinski definition) is 1. The van der Waals surface area contributed by atoms with Gasteiger partial charge in [-0.15, -0.1) is 0 Å². The zero-order chi connectivity index (χ0) is 12.4. The lowest BCUT2D eigenvalue weighted by Gasteiger charge is -2.31. The molecule has 0 radical (unpaired) electrons. The second-order valence-corrected chi connectivity index (χ2v) is 3.85. The first kappa shape index (κ1) is 11.3. The zero-order valence-electron chi connectivity index (χ0n) is 9.34. The van der Waals surface area contributed by atoms with Gasteiger partial charge in [-0.1, -0.05) is 0 Å². The topological polar surface area (TPSA) is 86.4 Å². The highest BCUT2D eigenvalue weighted by Gasteiger charge is 2.26. The quantitative estimate of drug-likeness (QED) is 0.655. The van der Waals surface area contributed by atoms with Crippen LogP contribution in [0.3, 0.4) is 0 Å². The lowest BCUT2D eigenvalue weighted by molar-refractivity contribution is -0.133. The number of amides is 2. The summed E-state index contributed by atoms with van der Waals surface area (Å²) in [7, 11) is 1.70. The highest BCUT2D eigenvalue weighted by atomic mass is 16.2. The van der Waals surface area contributed by atoms with Crippen LogP contribution < -0.4 is 5.56 Å². The highest BCUT2D eigenvalue weighted by Crippen LogP contribution is 2.05. The second kappa shape index (κ2) is 4.36. The van der Waals surface area contributed by atoms with Crippen LogP contribution in [0.2, 0.25) is 0 Å². The van der Waals surface area contributed by atoms with Gasteiger partial charge in [0.05, 0.1) is 0 Å². The molecule has 0 spiro atoms. The SMILES string of the molecule is CN1CCN(C(=O)c2ccc(=O)[nH]n2)CC1=O. The number of likely N-dealkylation sites (N-methyl/N-ethyl adjacent to an activating group) is 1. The molecule has 2 rings (SSSR count). The molecule has 1 aromatic heterocycles. The van der Waals surface area contributed by atoms with E-state index < -0.39 is 0 Å². The van der Waals surface area contributed by atoms with E-state index in [0.29, 0.717) is 13.1 Å². The van der Waals surface area contributed by atoms with Crippen LogP contribution in [0, 0.1) is 0 Å². The zero-order valence-corrected chi connectivity index (χ0v) is 9.34. The summed E-state index contributed by atoms with van der Waals surface area (Å²) in [6, 6.07) is 2.59. The van der Waals surface area contributed by atoms with Crippen LogP contribution in [-0.2, 0) is 4.79 Å². The molecule has 0 saturated carbocycles. The lowest BCUT2D eigenvalue weighted by Crippen LogP contribution is -2.50. The Morgan fingerprint density at radius 2 is 2.12 bits per heavy atom. The summed E-state index contributed by atoms with van der Waals surface area (Å²) in [5.41, 5.74) is -0.224. The monoisotopic (exact) mass is 236 g/mol. The molecule has 1 aromatic rings. The van der Waals surface area contributed by atoms with E-state index >= 15 is 0 Å². The van der Waals surface area contributed by atoms with Crippen molar-refractivity contribution in [2.24, 2.45) is 0 Å². The number of nitrogens with zero attached hydrogens (tertiary/aromatic N) is 3. The number of hydrogen-bond acceptors (Lipinski definition) is 4. The Bertz CT molecular complexity index is 490. The third-order valence-electron chi connectivity index (χ3n) is 2.64. The summed E-state index contributed by atoms with van der Waals surface area (Å²) < 4.78 is 0. The van der Waals surface area contributed by atoms with Crippen molar-refractivity contribution >= 4 is 11.8 Å². The third-order valence-corrected chi connectivity index (χ3v) is 2.64. The number of aromatic amines is 1. The Balaban J connectivity index is 2.13. The Morgan fingerprint density at radius 1 is 1.35 bits per heavy atom. The summed E-state index contributed by atoms with van der Waals surface area (Å²) in [5, 5.41) is 5.84. The van der Waals surface area contributed by atoms with Gasteiger partial charge in [0.2, 0.25) is 5.91 Å². The van der Waals surface area contributed by atoms with E-state index in [1.807, 2.05) is 0 Å². The van der Waals surface area contributed by atoms with Gasteiger partial charge >= 0.3 is 0 Å². The van der Waals surface area contributed by atoms with E-state index in [1.165, 1.54) is 17.0 Å². The Morgan fingerprint density at radius 3 is 2.71 bits per heavy atom. The Kier molecular flexibility index (Phi) is 2.90. The molecule has 1 fully saturated rings. The van der Waals surface area contributed by atoms with Crippen LogP contribution in [0.15, 0.2) is 16.9 Å². The van der Waals surface area contributed by atoms with Gasteiger partial charge in [-0.3, -0.25) is 14.4 Å². The molecule has 0 aliphatic carbocycles. The van der Waals surface area contributed by atoms with Gasteiger partial charge in [0, 0.05) is 26.2 Å². The smallest absolute Gasteiger partial charge is 0.274 e. The molecule has 7 nitrogen and oxygen atoms in total. The van der Waals surface area contributed by atoms with E-state index in [2.05, 4.69) is 10.2 Å². The molecule has 0 aromatic carbocycles. The molecule has 17 heavy (non-hydrogen) atoms. The Labute approximate surface area is 97.0 Å². The normalized spacial score (nSPS) is 16.2. The van der Waals surface area contributed by atoms with Crippen LogP contribution in [0.5, 0.6) is 0 Å². The van der Waals surface area contributed by atoms with Gasteiger partial charge in [0.1, 0.15) is 12.2 Å². The van der Waals surface area contributed by atoms with Gasteiger partial charge in [-0.05, 0) is 6.07 Å². The first-order valence-corrected chi connectivity index (χ1v) is 5.17. The number of H-pyrrole nitrogens is 1. The van der Waals surface area contributed by atoms with Crippen molar-refractivity contribution in [3.63, 3.8) is 0 Å². The van der Waals surface area contributed by atoms with E-state index in [9.17, 15) is 14.4 Å². The first-order chi connectivity index (χ1) is 8.08. The molecule has 0 unspecified atom stereocenters. The van der Waals surface area contributed by atoms with Gasteiger partial charge < -0.3 is 9.80 Å². The maximum atomic E-state index is 11.9. The second-order valence-electron chi connectivity index (χ2n) is 3.85. The molecule has 7 heteroatoms. The van der Waals surface area contributed by atoms with Gasteiger partial charge in [0.15, 0.2) is 0 Å². The average Bonchev–Trinajstić information content (AvgIpc) is 2.33. The number of aromatic nitrogens is 2. The fraction of sp³-hybridized carbons (Fsp3) is 0.400. The van der Waals surface area contributed by atoms with E-state index in [4.69, 9.17) is 0 Å². The standard InChI is InChI=1S/C10H12N4O3/c1-13-4-5-14(6-9(13)16)10(17)7-2-3-8(15)12-11-7/h2-3H,4-6H2,1H3,(H,12,15). The minimum absolute atomic E-state index is 0.0517. The largest absolute Gasteiger partial charge is 0.342 e. The Hall–Kier alpha value is -2.18. The maximum Gasteiger partial charge on any atom is 0.274 e. The van der Waals surface area contributed by atoms with Crippen molar-refractivity contribution in [1.29, 1.82) is 0 Å². The molecule has 90 valence electrons. The lowest BCUT2D eigenvalue weighted by atomic mass is 10.2. The predicted octanol–water partition coefficient (Wildman–Crippen LogP) is -1.32. The van der Waals surface area contributed by atoms with Crippen LogP contribution >= 0.6 is 0 Å². The van der Waals surface area contributed by atoms with Crippen molar-refractivity contribution in [2.45, 2.75) is 0 Å². The highest BCUT2D eigenvalue weighted by molar-refractivity contribution is 5.95. The van der Waals surface area contributed by atoms with Crippen molar-refractivity contribution in [1.82, 2.24) is 20.0 Å². The van der Waals surface area contributed by atoms with E-state index in [-0.39, 0.29) is 29.6 Å². The fourth-order valence-corrected chi connectivity index (χ4v) is 1.56. The fourth-order valence-electron chi connectivity index (χ4n) is 1.56. The molecule has 1 aliphatic rings. The molecule has 2 heterocycles. The number of carbonyl (C=O) groups excluding carboxylic acids is 2. The van der Waals surface area contributed by atoms with Gasteiger partial charge in [0.25, 0.3) is 11.5 Å². The molecular weight excluding hydrogens is 224 g/mol. The van der Waals surface area contributed by atoms with Crippen molar-refractivity contribution < 1.29 is 9.59 Å². The van der Waals surface area contributed by atoms with Crippen LogP contribution in [0.4, 0.5) is 0 Å². The van der Waals surface area contributed by atoms with Gasteiger partial charge in [-0.2, -0.15) is 5.10 Å². The maximum absolute atomic E-state index is 11.9. The molecule has 2 amide bonds. The van der Waals surface area contributed by atoms with Crippen LogP contribution in [0.25, 0.3) is 0 Å². The minimum atomic E-state index is -0.365. The average molecular weight is 236 g/mol. The number of nitrogens with one attached hydrogen (secondary N) is 1. The molecule has 1 N–H and O–H groups in total. The van der Waals surface area contributed by atoms with Crippen molar-refractivity contribution in [3.05, 3.63) is 28.2 Å². The third kappa shape index (κ3) is 2.32. The van der Waals surface area contributed by atoms with Gasteiger partial charge in [-0.25, -0.2) is 5.10 Å².